The minimum atomic E-state index is -3.00. The number of rotatable bonds is 9. The second-order valence-corrected chi connectivity index (χ2v) is 9.98. The molecule has 0 bridgehead atoms. The SMILES string of the molecule is CCN(CC)CCCNS(C)(=O)=O.O=C1N=C(c2ccccc2)c2c(O)[nH]c(-c3ccccc3)c21. The van der Waals surface area contributed by atoms with Crippen LogP contribution in [-0.4, -0.2) is 67.5 Å². The molecule has 2 aromatic carbocycles. The van der Waals surface area contributed by atoms with Crippen LogP contribution in [0.15, 0.2) is 65.7 Å². The Morgan fingerprint density at radius 3 is 2.06 bits per heavy atom. The van der Waals surface area contributed by atoms with E-state index in [2.05, 4.69) is 33.4 Å². The summed E-state index contributed by atoms with van der Waals surface area (Å²) in [4.78, 5) is 21.7. The molecule has 0 radical (unpaired) electrons. The standard InChI is InChI=1S/C18H12N2O2.C8H20N2O2S/c21-17-13-14(16(20-17)12-9-5-2-6-10-12)18(22)19-15(13)11-7-3-1-4-8-11;1-4-10(5-2)8-6-7-9-13(3,11)12/h1-10,19,22H;9H,4-8H2,1-3H3. The van der Waals surface area contributed by atoms with Crippen molar-refractivity contribution < 1.29 is 18.3 Å². The van der Waals surface area contributed by atoms with Crippen LogP contribution in [0.25, 0.3) is 11.3 Å². The van der Waals surface area contributed by atoms with E-state index in [9.17, 15) is 18.3 Å². The molecule has 9 heteroatoms. The Balaban J connectivity index is 0.000000228. The van der Waals surface area contributed by atoms with Gasteiger partial charge in [0.25, 0.3) is 5.91 Å². The molecule has 0 fully saturated rings. The van der Waals surface area contributed by atoms with Crippen LogP contribution >= 0.6 is 0 Å². The molecule has 1 aliphatic heterocycles. The van der Waals surface area contributed by atoms with E-state index in [1.54, 1.807) is 0 Å². The number of carbonyl (C=O) groups is 1. The molecular formula is C26H32N4O4S. The number of sulfonamides is 1. The summed E-state index contributed by atoms with van der Waals surface area (Å²) in [6, 6.07) is 18.8. The number of hydrogen-bond donors (Lipinski definition) is 3. The lowest BCUT2D eigenvalue weighted by atomic mass is 10.0. The van der Waals surface area contributed by atoms with Crippen molar-refractivity contribution in [3.05, 3.63) is 77.4 Å². The number of nitrogens with one attached hydrogen (secondary N) is 2. The summed E-state index contributed by atoms with van der Waals surface area (Å²) in [5.74, 6) is -0.355. The maximum absolute atomic E-state index is 12.3. The van der Waals surface area contributed by atoms with Crippen LogP contribution in [0, 0.1) is 0 Å². The first-order chi connectivity index (χ1) is 16.7. The summed E-state index contributed by atoms with van der Waals surface area (Å²) in [5, 5.41) is 10.3. The molecule has 3 aromatic rings. The molecule has 0 spiro atoms. The number of hydrogen-bond acceptors (Lipinski definition) is 5. The van der Waals surface area contributed by atoms with Crippen LogP contribution in [0.3, 0.4) is 0 Å². The van der Waals surface area contributed by atoms with Crippen molar-refractivity contribution in [3.8, 4) is 17.1 Å². The number of carbonyl (C=O) groups excluding carboxylic acids is 1. The first-order valence-corrected chi connectivity index (χ1v) is 13.5. The highest BCUT2D eigenvalue weighted by molar-refractivity contribution is 7.88. The van der Waals surface area contributed by atoms with Crippen molar-refractivity contribution in [2.45, 2.75) is 20.3 Å². The van der Waals surface area contributed by atoms with E-state index in [0.717, 1.165) is 37.2 Å². The van der Waals surface area contributed by atoms with Crippen molar-refractivity contribution in [2.24, 2.45) is 4.99 Å². The molecule has 186 valence electrons. The molecule has 1 amide bonds. The molecule has 0 saturated heterocycles. The highest BCUT2D eigenvalue weighted by Crippen LogP contribution is 2.37. The Morgan fingerprint density at radius 2 is 1.51 bits per heavy atom. The van der Waals surface area contributed by atoms with E-state index in [1.807, 2.05) is 60.7 Å². The van der Waals surface area contributed by atoms with Gasteiger partial charge in [0.15, 0.2) is 5.88 Å². The third-order valence-corrected chi connectivity index (χ3v) is 6.39. The lowest BCUT2D eigenvalue weighted by Crippen LogP contribution is -2.29. The Hall–Kier alpha value is -3.27. The first kappa shape index (κ1) is 26.3. The zero-order chi connectivity index (χ0) is 25.4. The third-order valence-electron chi connectivity index (χ3n) is 5.66. The fourth-order valence-electron chi connectivity index (χ4n) is 3.87. The van der Waals surface area contributed by atoms with Gasteiger partial charge < -0.3 is 15.0 Å². The maximum Gasteiger partial charge on any atom is 0.280 e. The van der Waals surface area contributed by atoms with Gasteiger partial charge in [-0.25, -0.2) is 18.1 Å². The summed E-state index contributed by atoms with van der Waals surface area (Å²) < 4.78 is 23.9. The third kappa shape index (κ3) is 6.88. The van der Waals surface area contributed by atoms with Crippen molar-refractivity contribution in [1.29, 1.82) is 0 Å². The van der Waals surface area contributed by atoms with Crippen LogP contribution in [0.4, 0.5) is 0 Å². The van der Waals surface area contributed by atoms with Gasteiger partial charge in [0.05, 0.1) is 28.8 Å². The van der Waals surface area contributed by atoms with E-state index in [0.29, 0.717) is 29.1 Å². The molecule has 0 saturated carbocycles. The molecule has 4 rings (SSSR count). The van der Waals surface area contributed by atoms with Crippen LogP contribution in [0.1, 0.15) is 41.8 Å². The van der Waals surface area contributed by atoms with E-state index in [4.69, 9.17) is 0 Å². The Bertz CT molecular complexity index is 1270. The zero-order valence-corrected chi connectivity index (χ0v) is 21.1. The molecule has 3 N–H and O–H groups in total. The number of aromatic amines is 1. The Labute approximate surface area is 206 Å². The molecule has 0 atom stereocenters. The van der Waals surface area contributed by atoms with E-state index < -0.39 is 10.0 Å². The summed E-state index contributed by atoms with van der Waals surface area (Å²) in [6.45, 7) is 7.75. The fraction of sp³-hybridized carbons (Fsp3) is 0.308. The quantitative estimate of drug-likeness (QED) is 0.391. The smallest absolute Gasteiger partial charge is 0.280 e. The van der Waals surface area contributed by atoms with Gasteiger partial charge in [0, 0.05) is 12.1 Å². The van der Waals surface area contributed by atoms with Crippen LogP contribution in [-0.2, 0) is 10.0 Å². The number of aliphatic imine (C=N–C) groups is 1. The number of aromatic nitrogens is 1. The van der Waals surface area contributed by atoms with Gasteiger partial charge in [-0.1, -0.05) is 74.5 Å². The topological polar surface area (TPSA) is 115 Å². The molecule has 1 aliphatic rings. The van der Waals surface area contributed by atoms with Gasteiger partial charge in [0.2, 0.25) is 10.0 Å². The number of fused-ring (bicyclic) bond motifs is 1. The van der Waals surface area contributed by atoms with Gasteiger partial charge >= 0.3 is 0 Å². The maximum atomic E-state index is 12.3. The second kappa shape index (κ2) is 11.9. The average Bonchev–Trinajstić information content (AvgIpc) is 3.38. The molecule has 0 aliphatic carbocycles. The Kier molecular flexibility index (Phi) is 8.97. The summed E-state index contributed by atoms with van der Waals surface area (Å²) in [7, 11) is -3.00. The van der Waals surface area contributed by atoms with Crippen LogP contribution < -0.4 is 4.72 Å². The first-order valence-electron chi connectivity index (χ1n) is 11.6. The highest BCUT2D eigenvalue weighted by Gasteiger charge is 2.33. The number of H-pyrrole nitrogens is 1. The van der Waals surface area contributed by atoms with E-state index in [1.165, 1.54) is 6.26 Å². The number of aromatic hydroxyl groups is 1. The minimum Gasteiger partial charge on any atom is -0.494 e. The molecule has 0 unspecified atom stereocenters. The second-order valence-electron chi connectivity index (χ2n) is 8.14. The number of benzene rings is 2. The predicted molar refractivity (Wildman–Crippen MR) is 140 cm³/mol. The molecular weight excluding hydrogens is 464 g/mol. The summed E-state index contributed by atoms with van der Waals surface area (Å²) in [6.07, 6.45) is 2.05. The lowest BCUT2D eigenvalue weighted by Gasteiger charge is -2.17. The summed E-state index contributed by atoms with van der Waals surface area (Å²) in [5.41, 5.74) is 3.68. The minimum absolute atomic E-state index is 0.0256. The van der Waals surface area contributed by atoms with Crippen molar-refractivity contribution in [1.82, 2.24) is 14.6 Å². The molecule has 8 nitrogen and oxygen atoms in total. The molecule has 2 heterocycles. The summed E-state index contributed by atoms with van der Waals surface area (Å²) >= 11 is 0. The fourth-order valence-corrected chi connectivity index (χ4v) is 4.39. The number of nitrogens with zero attached hydrogens (tertiary/aromatic N) is 2. The zero-order valence-electron chi connectivity index (χ0n) is 20.3. The van der Waals surface area contributed by atoms with E-state index in [-0.39, 0.29) is 11.8 Å². The monoisotopic (exact) mass is 496 g/mol. The van der Waals surface area contributed by atoms with Crippen molar-refractivity contribution in [3.63, 3.8) is 0 Å². The largest absolute Gasteiger partial charge is 0.494 e. The van der Waals surface area contributed by atoms with Gasteiger partial charge in [-0.15, -0.1) is 0 Å². The van der Waals surface area contributed by atoms with E-state index >= 15 is 0 Å². The number of amides is 1. The van der Waals surface area contributed by atoms with Gasteiger partial charge in [0.1, 0.15) is 0 Å². The Morgan fingerprint density at radius 1 is 0.943 bits per heavy atom. The van der Waals surface area contributed by atoms with Crippen molar-refractivity contribution >= 4 is 21.6 Å². The van der Waals surface area contributed by atoms with Crippen LogP contribution in [0.5, 0.6) is 5.88 Å². The van der Waals surface area contributed by atoms with Crippen LogP contribution in [0.2, 0.25) is 0 Å². The van der Waals surface area contributed by atoms with Crippen molar-refractivity contribution in [2.75, 3.05) is 32.4 Å². The van der Waals surface area contributed by atoms with Gasteiger partial charge in [-0.05, 0) is 31.6 Å². The lowest BCUT2D eigenvalue weighted by molar-refractivity contribution is 0.101. The highest BCUT2D eigenvalue weighted by atomic mass is 32.2. The average molecular weight is 497 g/mol. The normalized spacial score (nSPS) is 12.8. The van der Waals surface area contributed by atoms with Gasteiger partial charge in [-0.2, -0.15) is 0 Å². The van der Waals surface area contributed by atoms with Gasteiger partial charge in [-0.3, -0.25) is 4.79 Å². The predicted octanol–water partition coefficient (Wildman–Crippen LogP) is 3.65. The molecule has 1 aromatic heterocycles. The molecule has 35 heavy (non-hydrogen) atoms.